The van der Waals surface area contributed by atoms with Crippen molar-refractivity contribution >= 4 is 19.8 Å². The molecule has 0 spiro atoms. The predicted molar refractivity (Wildman–Crippen MR) is 188 cm³/mol. The monoisotopic (exact) mass is 670 g/mol. The fraction of sp³-hybridized carbons (Fsp3) is 0.784. The van der Waals surface area contributed by atoms with Crippen LogP contribution in [-0.4, -0.2) is 41.0 Å². The van der Waals surface area contributed by atoms with Crippen molar-refractivity contribution in [2.75, 3.05) is 13.2 Å². The van der Waals surface area contributed by atoms with E-state index in [1.54, 1.807) is 0 Å². The highest BCUT2D eigenvalue weighted by Crippen LogP contribution is 2.36. The Labute approximate surface area is 281 Å². The van der Waals surface area contributed by atoms with Gasteiger partial charge in [0.15, 0.2) is 6.10 Å². The summed E-state index contributed by atoms with van der Waals surface area (Å²) in [4.78, 5) is 42.6. The Morgan fingerprint density at radius 2 is 0.978 bits per heavy atom. The van der Waals surface area contributed by atoms with Crippen LogP contribution in [0.15, 0.2) is 36.5 Å². The number of unbranched alkanes of at least 4 members (excludes halogenated alkanes) is 17. The van der Waals surface area contributed by atoms with E-state index in [2.05, 4.69) is 54.8 Å². The van der Waals surface area contributed by atoms with Crippen molar-refractivity contribution in [2.24, 2.45) is 0 Å². The molecule has 0 aliphatic heterocycles. The molecule has 0 aromatic heterocycles. The minimum atomic E-state index is -4.75. The molecule has 0 bridgehead atoms. The van der Waals surface area contributed by atoms with Gasteiger partial charge in [-0.25, -0.2) is 4.57 Å². The number of esters is 2. The van der Waals surface area contributed by atoms with Crippen LogP contribution >= 0.6 is 7.82 Å². The molecule has 0 heterocycles. The van der Waals surface area contributed by atoms with E-state index in [0.29, 0.717) is 12.8 Å². The van der Waals surface area contributed by atoms with Gasteiger partial charge in [0.1, 0.15) is 6.61 Å². The van der Waals surface area contributed by atoms with Crippen molar-refractivity contribution in [3.05, 3.63) is 36.5 Å². The molecule has 0 rings (SSSR count). The molecule has 0 aliphatic rings. The molecule has 0 unspecified atom stereocenters. The second-order valence-corrected chi connectivity index (χ2v) is 13.4. The lowest BCUT2D eigenvalue weighted by atomic mass is 10.1. The lowest BCUT2D eigenvalue weighted by Gasteiger charge is -2.18. The van der Waals surface area contributed by atoms with Gasteiger partial charge in [-0.2, -0.15) is 0 Å². The molecule has 0 radical (unpaired) electrons. The summed E-state index contributed by atoms with van der Waals surface area (Å²) in [7, 11) is -4.75. The number of allylic oxidation sites excluding steroid dienone is 6. The first kappa shape index (κ1) is 44.3. The predicted octanol–water partition coefficient (Wildman–Crippen LogP) is 10.6. The van der Waals surface area contributed by atoms with Crippen LogP contribution < -0.4 is 0 Å². The smallest absolute Gasteiger partial charge is 0.462 e. The third kappa shape index (κ3) is 35.1. The number of phosphoric ester groups is 1. The van der Waals surface area contributed by atoms with Crippen molar-refractivity contribution < 1.29 is 37.9 Å². The van der Waals surface area contributed by atoms with Crippen molar-refractivity contribution in [1.82, 2.24) is 0 Å². The van der Waals surface area contributed by atoms with Gasteiger partial charge in [-0.05, 0) is 70.6 Å². The highest BCUT2D eigenvalue weighted by atomic mass is 31.2. The molecule has 9 heteroatoms. The average molecular weight is 671 g/mol. The fourth-order valence-corrected chi connectivity index (χ4v) is 5.23. The minimum Gasteiger partial charge on any atom is -0.462 e. The number of phosphoric acid groups is 1. The molecule has 0 aromatic carbocycles. The lowest BCUT2D eigenvalue weighted by Crippen LogP contribution is -2.29. The van der Waals surface area contributed by atoms with Crippen LogP contribution in [0.4, 0.5) is 0 Å². The first-order valence-corrected chi connectivity index (χ1v) is 19.8. The van der Waals surface area contributed by atoms with Gasteiger partial charge in [0.05, 0.1) is 6.61 Å². The third-order valence-electron chi connectivity index (χ3n) is 7.63. The van der Waals surface area contributed by atoms with Crippen LogP contribution in [-0.2, 0) is 28.2 Å². The van der Waals surface area contributed by atoms with E-state index in [-0.39, 0.29) is 19.4 Å². The first-order valence-electron chi connectivity index (χ1n) is 18.3. The summed E-state index contributed by atoms with van der Waals surface area (Å²) in [6.45, 7) is 3.60. The molecule has 8 nitrogen and oxygen atoms in total. The Morgan fingerprint density at radius 1 is 0.565 bits per heavy atom. The van der Waals surface area contributed by atoms with Gasteiger partial charge < -0.3 is 19.3 Å². The average Bonchev–Trinajstić information content (AvgIpc) is 3.02. The lowest BCUT2D eigenvalue weighted by molar-refractivity contribution is -0.161. The zero-order chi connectivity index (χ0) is 34.0. The zero-order valence-corrected chi connectivity index (χ0v) is 30.1. The molecule has 2 N–H and O–H groups in total. The summed E-state index contributed by atoms with van der Waals surface area (Å²) in [6.07, 6.45) is 37.2. The molecule has 1 atom stereocenters. The maximum absolute atomic E-state index is 12.3. The van der Waals surface area contributed by atoms with Crippen molar-refractivity contribution in [3.63, 3.8) is 0 Å². The molecule has 0 amide bonds. The zero-order valence-electron chi connectivity index (χ0n) is 29.2. The second-order valence-electron chi connectivity index (χ2n) is 12.2. The molecule has 0 aliphatic carbocycles. The summed E-state index contributed by atoms with van der Waals surface area (Å²) in [5, 5.41) is 0. The van der Waals surface area contributed by atoms with Crippen LogP contribution in [0.2, 0.25) is 0 Å². The maximum atomic E-state index is 12.3. The van der Waals surface area contributed by atoms with E-state index in [1.807, 2.05) is 0 Å². The van der Waals surface area contributed by atoms with Crippen molar-refractivity contribution in [1.29, 1.82) is 0 Å². The van der Waals surface area contributed by atoms with E-state index in [0.717, 1.165) is 77.0 Å². The molecular formula is C37H67O8P. The van der Waals surface area contributed by atoms with Crippen molar-refractivity contribution in [2.45, 2.75) is 174 Å². The molecule has 0 aromatic rings. The molecular weight excluding hydrogens is 603 g/mol. The van der Waals surface area contributed by atoms with Crippen LogP contribution in [0.1, 0.15) is 168 Å². The number of rotatable bonds is 33. The maximum Gasteiger partial charge on any atom is 0.469 e. The van der Waals surface area contributed by atoms with Crippen molar-refractivity contribution in [3.8, 4) is 0 Å². The number of ether oxygens (including phenoxy) is 2. The minimum absolute atomic E-state index is 0.198. The number of hydrogen-bond acceptors (Lipinski definition) is 6. The highest BCUT2D eigenvalue weighted by Gasteiger charge is 2.22. The Kier molecular flexibility index (Phi) is 31.9. The van der Waals surface area contributed by atoms with Crippen LogP contribution in [0.5, 0.6) is 0 Å². The standard InChI is InChI=1S/C37H67O8P/c1-3-5-7-9-11-13-15-17-18-20-21-23-25-27-29-31-36(38)43-33-35(34-44-46(40,41)42)45-37(39)32-30-28-26-24-22-19-16-14-12-10-8-6-4-2/h11,13-14,16-18,35H,3-10,12,15,19-34H2,1-2H3,(H2,40,41,42)/b13-11+,16-14+,18-17+/t35-/m1/s1. The molecule has 268 valence electrons. The quantitative estimate of drug-likeness (QED) is 0.0306. The molecule has 0 fully saturated rings. The van der Waals surface area contributed by atoms with Crippen LogP contribution in [0.25, 0.3) is 0 Å². The summed E-state index contributed by atoms with van der Waals surface area (Å²) in [5.74, 6) is -0.913. The van der Waals surface area contributed by atoms with E-state index in [9.17, 15) is 14.2 Å². The van der Waals surface area contributed by atoms with E-state index < -0.39 is 32.5 Å². The van der Waals surface area contributed by atoms with E-state index >= 15 is 0 Å². The van der Waals surface area contributed by atoms with Gasteiger partial charge in [0.25, 0.3) is 0 Å². The Hall–Kier alpha value is -1.73. The van der Waals surface area contributed by atoms with Gasteiger partial charge in [-0.3, -0.25) is 14.1 Å². The summed E-state index contributed by atoms with van der Waals surface area (Å²) in [5.41, 5.74) is 0. The van der Waals surface area contributed by atoms with E-state index in [4.69, 9.17) is 19.3 Å². The SMILES string of the molecule is CCCCC/C=C/C/C=C/CCCCCCCC(=O)OC[C@H](COP(=O)(O)O)OC(=O)CCCCCCC/C=C/CCCCCC. The van der Waals surface area contributed by atoms with Gasteiger partial charge in [0.2, 0.25) is 0 Å². The number of hydrogen-bond donors (Lipinski definition) is 2. The van der Waals surface area contributed by atoms with Gasteiger partial charge in [-0.15, -0.1) is 0 Å². The van der Waals surface area contributed by atoms with Gasteiger partial charge in [0, 0.05) is 12.8 Å². The Bertz CT molecular complexity index is 848. The molecule has 46 heavy (non-hydrogen) atoms. The second kappa shape index (κ2) is 33.2. The normalized spacial score (nSPS) is 12.9. The molecule has 0 saturated carbocycles. The summed E-state index contributed by atoms with van der Waals surface area (Å²) >= 11 is 0. The fourth-order valence-electron chi connectivity index (χ4n) is 4.87. The first-order chi connectivity index (χ1) is 22.3. The Balaban J connectivity index is 4.02. The summed E-state index contributed by atoms with van der Waals surface area (Å²) in [6, 6.07) is 0. The van der Waals surface area contributed by atoms with Gasteiger partial charge in [-0.1, -0.05) is 121 Å². The largest absolute Gasteiger partial charge is 0.469 e. The van der Waals surface area contributed by atoms with Crippen LogP contribution in [0.3, 0.4) is 0 Å². The topological polar surface area (TPSA) is 119 Å². The van der Waals surface area contributed by atoms with Crippen LogP contribution in [0, 0.1) is 0 Å². The Morgan fingerprint density at radius 3 is 1.50 bits per heavy atom. The highest BCUT2D eigenvalue weighted by molar-refractivity contribution is 7.46. The van der Waals surface area contributed by atoms with E-state index in [1.165, 1.54) is 51.4 Å². The molecule has 0 saturated heterocycles. The number of carbonyl (C=O) groups is 2. The number of carbonyl (C=O) groups excluding carboxylic acids is 2. The van der Waals surface area contributed by atoms with Gasteiger partial charge >= 0.3 is 19.8 Å². The summed E-state index contributed by atoms with van der Waals surface area (Å²) < 4.78 is 26.2. The third-order valence-corrected chi connectivity index (χ3v) is 8.12.